The number of carbonyl (C=O) groups is 1. The average Bonchev–Trinajstić information content (AvgIpc) is 2.30. The third-order valence-corrected chi connectivity index (χ3v) is 3.04. The molecule has 0 atom stereocenters. The van der Waals surface area contributed by atoms with E-state index in [4.69, 9.17) is 23.2 Å². The monoisotopic (exact) mass is 256 g/mol. The number of pyridine rings is 1. The standard InChI is InChI=1S/C11H10Cl2N2O/c12-9-2-1-5-14-11(9)15-6-3-8(4-7-15)10(13)16/h1-3,5H,4,6-7H2. The number of hydrogen-bond donors (Lipinski definition) is 0. The molecule has 1 aromatic rings. The molecule has 0 bridgehead atoms. The molecular formula is C11H10Cl2N2O. The summed E-state index contributed by atoms with van der Waals surface area (Å²) in [5.41, 5.74) is 0.671. The van der Waals surface area contributed by atoms with Crippen molar-refractivity contribution in [2.75, 3.05) is 18.0 Å². The third kappa shape index (κ3) is 2.36. The summed E-state index contributed by atoms with van der Waals surface area (Å²) in [5, 5.41) is 0.253. The van der Waals surface area contributed by atoms with Crippen LogP contribution in [0.2, 0.25) is 5.02 Å². The molecule has 0 N–H and O–H groups in total. The number of halogens is 2. The van der Waals surface area contributed by atoms with Gasteiger partial charge >= 0.3 is 0 Å². The summed E-state index contributed by atoms with van der Waals surface area (Å²) in [6.45, 7) is 1.32. The summed E-state index contributed by atoms with van der Waals surface area (Å²) in [6.07, 6.45) is 4.16. The molecule has 0 amide bonds. The highest BCUT2D eigenvalue weighted by Crippen LogP contribution is 2.25. The predicted molar refractivity (Wildman–Crippen MR) is 65.0 cm³/mol. The Morgan fingerprint density at radius 3 is 2.88 bits per heavy atom. The smallest absolute Gasteiger partial charge is 0.248 e. The first-order chi connectivity index (χ1) is 7.68. The van der Waals surface area contributed by atoms with Gasteiger partial charge < -0.3 is 4.90 Å². The summed E-state index contributed by atoms with van der Waals surface area (Å²) < 4.78 is 0. The number of carbonyl (C=O) groups excluding carboxylic acids is 1. The minimum absolute atomic E-state index is 0.369. The second-order valence-corrected chi connectivity index (χ2v) is 4.26. The van der Waals surface area contributed by atoms with Crippen molar-refractivity contribution >= 4 is 34.3 Å². The summed E-state index contributed by atoms with van der Waals surface area (Å²) in [4.78, 5) is 17.2. The van der Waals surface area contributed by atoms with Crippen molar-refractivity contribution in [3.8, 4) is 0 Å². The molecule has 1 aromatic heterocycles. The second kappa shape index (κ2) is 4.85. The van der Waals surface area contributed by atoms with Gasteiger partial charge in [0.15, 0.2) is 0 Å². The van der Waals surface area contributed by atoms with Crippen molar-refractivity contribution in [1.82, 2.24) is 4.98 Å². The van der Waals surface area contributed by atoms with Gasteiger partial charge in [-0.25, -0.2) is 4.98 Å². The molecule has 1 aliphatic heterocycles. The van der Waals surface area contributed by atoms with Gasteiger partial charge in [-0.2, -0.15) is 0 Å². The lowest BCUT2D eigenvalue weighted by Crippen LogP contribution is -2.30. The zero-order valence-corrected chi connectivity index (χ0v) is 10.0. The van der Waals surface area contributed by atoms with Gasteiger partial charge in [0.25, 0.3) is 0 Å². The van der Waals surface area contributed by atoms with Crippen LogP contribution < -0.4 is 4.90 Å². The summed E-state index contributed by atoms with van der Waals surface area (Å²) >= 11 is 11.5. The van der Waals surface area contributed by atoms with Gasteiger partial charge in [-0.3, -0.25) is 4.79 Å². The molecule has 16 heavy (non-hydrogen) atoms. The fourth-order valence-corrected chi connectivity index (χ4v) is 2.06. The van der Waals surface area contributed by atoms with E-state index >= 15 is 0 Å². The normalized spacial score (nSPS) is 15.9. The van der Waals surface area contributed by atoms with Gasteiger partial charge in [0.2, 0.25) is 5.24 Å². The first-order valence-corrected chi connectivity index (χ1v) is 5.68. The van der Waals surface area contributed by atoms with Crippen LogP contribution in [0.25, 0.3) is 0 Å². The van der Waals surface area contributed by atoms with Crippen LogP contribution >= 0.6 is 23.2 Å². The van der Waals surface area contributed by atoms with E-state index < -0.39 is 0 Å². The highest BCUT2D eigenvalue weighted by atomic mass is 35.5. The lowest BCUT2D eigenvalue weighted by Gasteiger charge is -2.26. The highest BCUT2D eigenvalue weighted by Gasteiger charge is 2.17. The fourth-order valence-electron chi connectivity index (χ4n) is 1.65. The number of aromatic nitrogens is 1. The maximum absolute atomic E-state index is 10.9. The Kier molecular flexibility index (Phi) is 3.46. The SMILES string of the molecule is O=C(Cl)C1=CCN(c2ncccc2Cl)CC1. The van der Waals surface area contributed by atoms with Crippen LogP contribution in [0.5, 0.6) is 0 Å². The molecular weight excluding hydrogens is 247 g/mol. The van der Waals surface area contributed by atoms with Crippen molar-refractivity contribution in [3.05, 3.63) is 35.0 Å². The van der Waals surface area contributed by atoms with E-state index in [2.05, 4.69) is 4.98 Å². The zero-order chi connectivity index (χ0) is 11.5. The van der Waals surface area contributed by atoms with Crippen molar-refractivity contribution in [3.63, 3.8) is 0 Å². The summed E-state index contributed by atoms with van der Waals surface area (Å²) in [6, 6.07) is 3.59. The molecule has 0 radical (unpaired) electrons. The van der Waals surface area contributed by atoms with Crippen molar-refractivity contribution in [2.45, 2.75) is 6.42 Å². The molecule has 2 heterocycles. The lowest BCUT2D eigenvalue weighted by atomic mass is 10.1. The first kappa shape index (κ1) is 11.4. The number of rotatable bonds is 2. The Labute approximate surface area is 104 Å². The maximum atomic E-state index is 10.9. The van der Waals surface area contributed by atoms with Gasteiger partial charge in [0, 0.05) is 24.9 Å². The Morgan fingerprint density at radius 2 is 2.31 bits per heavy atom. The molecule has 0 spiro atoms. The molecule has 0 saturated carbocycles. The Balaban J connectivity index is 2.16. The van der Waals surface area contributed by atoms with Gasteiger partial charge in [-0.15, -0.1) is 0 Å². The molecule has 0 fully saturated rings. The van der Waals surface area contributed by atoms with E-state index in [0.29, 0.717) is 30.1 Å². The Hall–Kier alpha value is -1.06. The quantitative estimate of drug-likeness (QED) is 0.763. The zero-order valence-electron chi connectivity index (χ0n) is 8.49. The molecule has 0 saturated heterocycles. The van der Waals surface area contributed by atoms with Crippen molar-refractivity contribution in [1.29, 1.82) is 0 Å². The van der Waals surface area contributed by atoms with E-state index in [0.717, 1.165) is 5.82 Å². The highest BCUT2D eigenvalue weighted by molar-refractivity contribution is 6.67. The van der Waals surface area contributed by atoms with Crippen LogP contribution in [-0.2, 0) is 4.79 Å². The van der Waals surface area contributed by atoms with Gasteiger partial charge in [0.1, 0.15) is 5.82 Å². The third-order valence-electron chi connectivity index (χ3n) is 2.50. The molecule has 5 heteroatoms. The summed E-state index contributed by atoms with van der Waals surface area (Å²) in [7, 11) is 0. The molecule has 0 aromatic carbocycles. The molecule has 1 aliphatic rings. The second-order valence-electron chi connectivity index (χ2n) is 3.51. The topological polar surface area (TPSA) is 33.2 Å². The molecule has 3 nitrogen and oxygen atoms in total. The predicted octanol–water partition coefficient (Wildman–Crippen LogP) is 2.64. The van der Waals surface area contributed by atoms with E-state index in [-0.39, 0.29) is 5.24 Å². The fraction of sp³-hybridized carbons (Fsp3) is 0.273. The van der Waals surface area contributed by atoms with Gasteiger partial charge in [-0.05, 0) is 30.2 Å². The van der Waals surface area contributed by atoms with Crippen LogP contribution in [-0.4, -0.2) is 23.3 Å². The maximum Gasteiger partial charge on any atom is 0.248 e. The summed E-state index contributed by atoms with van der Waals surface area (Å²) in [5.74, 6) is 0.751. The molecule has 2 rings (SSSR count). The van der Waals surface area contributed by atoms with Crippen LogP contribution in [0, 0.1) is 0 Å². The van der Waals surface area contributed by atoms with Crippen molar-refractivity contribution < 1.29 is 4.79 Å². The van der Waals surface area contributed by atoms with Gasteiger partial charge in [-0.1, -0.05) is 17.7 Å². The number of anilines is 1. The average molecular weight is 257 g/mol. The number of hydrogen-bond acceptors (Lipinski definition) is 3. The molecule has 84 valence electrons. The number of nitrogens with zero attached hydrogens (tertiary/aromatic N) is 2. The minimum Gasteiger partial charge on any atom is -0.351 e. The van der Waals surface area contributed by atoms with E-state index in [1.807, 2.05) is 11.0 Å². The lowest BCUT2D eigenvalue weighted by molar-refractivity contribution is -0.108. The van der Waals surface area contributed by atoms with Crippen LogP contribution in [0.3, 0.4) is 0 Å². The Morgan fingerprint density at radius 1 is 1.50 bits per heavy atom. The van der Waals surface area contributed by atoms with Crippen LogP contribution in [0.1, 0.15) is 6.42 Å². The first-order valence-electron chi connectivity index (χ1n) is 4.93. The Bertz CT molecular complexity index is 445. The van der Waals surface area contributed by atoms with E-state index in [1.165, 1.54) is 0 Å². The molecule has 0 unspecified atom stereocenters. The minimum atomic E-state index is -0.369. The van der Waals surface area contributed by atoms with Crippen LogP contribution in [0.15, 0.2) is 30.0 Å². The van der Waals surface area contributed by atoms with E-state index in [9.17, 15) is 4.79 Å². The van der Waals surface area contributed by atoms with Gasteiger partial charge in [0.05, 0.1) is 5.02 Å². The van der Waals surface area contributed by atoms with E-state index in [1.54, 1.807) is 18.3 Å². The van der Waals surface area contributed by atoms with Crippen molar-refractivity contribution in [2.24, 2.45) is 0 Å². The largest absolute Gasteiger partial charge is 0.351 e. The van der Waals surface area contributed by atoms with Crippen LogP contribution in [0.4, 0.5) is 5.82 Å². The molecule has 0 aliphatic carbocycles.